The minimum atomic E-state index is -2.47. The maximum Gasteiger partial charge on any atom is 0.407 e. The predicted octanol–water partition coefficient (Wildman–Crippen LogP) is 7.10. The molecule has 1 aromatic heterocycles. The summed E-state index contributed by atoms with van der Waals surface area (Å²) in [5.74, 6) is 1.18. The van der Waals surface area contributed by atoms with Crippen LogP contribution in [0.4, 0.5) is 10.5 Å². The second kappa shape index (κ2) is 17.1. The quantitative estimate of drug-likeness (QED) is 0.0751. The number of pyridine rings is 1. The SMILES string of the molecule is COCCCN1C(=O)COc2ccc(COC3CN(C(=O)O)CC(O[Si](C(C)C)(C(C)C)C(C)C)C3c3ccc(Oc4ccc[n+]([O-])c4)cc3)cc21. The summed E-state index contributed by atoms with van der Waals surface area (Å²) in [6, 6.07) is 16.7. The molecule has 2 aromatic carbocycles. The van der Waals surface area contributed by atoms with Gasteiger partial charge in [-0.05, 0) is 64.5 Å². The molecule has 0 spiro atoms. The Kier molecular flexibility index (Phi) is 12.8. The van der Waals surface area contributed by atoms with E-state index in [0.29, 0.717) is 47.2 Å². The van der Waals surface area contributed by atoms with Crippen molar-refractivity contribution in [2.75, 3.05) is 44.9 Å². The zero-order valence-corrected chi connectivity index (χ0v) is 32.3. The van der Waals surface area contributed by atoms with Gasteiger partial charge in [-0.15, -0.1) is 0 Å². The molecule has 2 aliphatic heterocycles. The number of piperidine rings is 1. The molecule has 13 heteroatoms. The summed E-state index contributed by atoms with van der Waals surface area (Å²) in [5.41, 5.74) is 3.29. The highest BCUT2D eigenvalue weighted by molar-refractivity contribution is 6.77. The number of anilines is 1. The maximum atomic E-state index is 12.8. The number of amides is 2. The van der Waals surface area contributed by atoms with Crippen LogP contribution >= 0.6 is 0 Å². The number of hydrogen-bond donors (Lipinski definition) is 1. The van der Waals surface area contributed by atoms with Crippen LogP contribution in [0, 0.1) is 5.21 Å². The van der Waals surface area contributed by atoms with E-state index in [1.807, 2.05) is 42.5 Å². The van der Waals surface area contributed by atoms with Crippen LogP contribution in [0.5, 0.6) is 17.2 Å². The maximum absolute atomic E-state index is 12.8. The predicted molar refractivity (Wildman–Crippen MR) is 200 cm³/mol. The summed E-state index contributed by atoms with van der Waals surface area (Å²) >= 11 is 0. The van der Waals surface area contributed by atoms with E-state index in [1.165, 1.54) is 17.3 Å². The number of nitrogens with zero attached hydrogens (tertiary/aromatic N) is 3. The number of likely N-dealkylation sites (tertiary alicyclic amines) is 1. The second-order valence-electron chi connectivity index (χ2n) is 14.6. The van der Waals surface area contributed by atoms with E-state index in [-0.39, 0.29) is 54.8 Å². The molecule has 0 saturated carbocycles. The van der Waals surface area contributed by atoms with E-state index < -0.39 is 26.6 Å². The molecule has 3 aromatic rings. The number of hydrogen-bond acceptors (Lipinski definition) is 8. The fraction of sp³-hybridized carbons (Fsp3) is 0.513. The topological polar surface area (TPSA) is 134 Å². The summed E-state index contributed by atoms with van der Waals surface area (Å²) < 4.78 is 31.7. The van der Waals surface area contributed by atoms with Crippen molar-refractivity contribution in [3.63, 3.8) is 0 Å². The third-order valence-electron chi connectivity index (χ3n) is 10.3. The van der Waals surface area contributed by atoms with Crippen molar-refractivity contribution < 1.29 is 42.8 Å². The molecule has 3 atom stereocenters. The lowest BCUT2D eigenvalue weighted by Crippen LogP contribution is -2.59. The zero-order chi connectivity index (χ0) is 37.6. The van der Waals surface area contributed by atoms with E-state index in [9.17, 15) is 19.9 Å². The van der Waals surface area contributed by atoms with Gasteiger partial charge in [-0.3, -0.25) is 4.79 Å². The molecule has 12 nitrogen and oxygen atoms in total. The highest BCUT2D eigenvalue weighted by atomic mass is 28.4. The molecule has 282 valence electrons. The molecule has 2 amide bonds. The first-order valence-electron chi connectivity index (χ1n) is 18.1. The van der Waals surface area contributed by atoms with Gasteiger partial charge in [-0.25, -0.2) is 4.79 Å². The molecular formula is C39H53N3O9Si. The van der Waals surface area contributed by atoms with Crippen LogP contribution < -0.4 is 19.1 Å². The van der Waals surface area contributed by atoms with Crippen LogP contribution in [0.25, 0.3) is 0 Å². The first-order valence-corrected chi connectivity index (χ1v) is 20.3. The van der Waals surface area contributed by atoms with Gasteiger partial charge in [-0.1, -0.05) is 59.7 Å². The number of carboxylic acid groups (broad SMARTS) is 1. The third kappa shape index (κ3) is 8.71. The molecule has 5 rings (SSSR count). The second-order valence-corrected chi connectivity index (χ2v) is 20.0. The van der Waals surface area contributed by atoms with Gasteiger partial charge in [0.25, 0.3) is 5.91 Å². The van der Waals surface area contributed by atoms with Gasteiger partial charge < -0.3 is 43.5 Å². The molecule has 0 radical (unpaired) electrons. The van der Waals surface area contributed by atoms with Crippen LogP contribution in [0.2, 0.25) is 16.6 Å². The zero-order valence-electron chi connectivity index (χ0n) is 31.3. The largest absolute Gasteiger partial charge is 0.619 e. The number of ether oxygens (including phenoxy) is 4. The van der Waals surface area contributed by atoms with Gasteiger partial charge in [0.2, 0.25) is 14.5 Å². The van der Waals surface area contributed by atoms with E-state index in [4.69, 9.17) is 23.4 Å². The van der Waals surface area contributed by atoms with Crippen molar-refractivity contribution in [1.29, 1.82) is 0 Å². The van der Waals surface area contributed by atoms with Crippen molar-refractivity contribution in [2.45, 2.75) is 89.3 Å². The third-order valence-corrected chi connectivity index (χ3v) is 16.5. The summed E-state index contributed by atoms with van der Waals surface area (Å²) in [4.78, 5) is 28.6. The Morgan fingerprint density at radius 1 is 1.00 bits per heavy atom. The standard InChI is InChI=1S/C39H53N3O9Si/c1-26(2)52(27(3)4,28(5)6)51-36-23-40(39(44)45)22-35(38(36)30-12-14-31(15-13-30)50-32-10-8-17-41(46)21-32)48-24-29-11-16-34-33(20-29)42(18-9-19-47-7)37(43)25-49-34/h8,10-17,20-21,26-28,35-36,38H,9,18-19,22-25H2,1-7H3,(H,44,45). The smallest absolute Gasteiger partial charge is 0.407 e. The average molecular weight is 736 g/mol. The summed E-state index contributed by atoms with van der Waals surface area (Å²) in [6.07, 6.45) is 1.38. The van der Waals surface area contributed by atoms with E-state index in [1.54, 1.807) is 24.1 Å². The molecule has 2 aliphatic rings. The first-order chi connectivity index (χ1) is 24.8. The molecule has 1 saturated heterocycles. The Morgan fingerprint density at radius 3 is 2.33 bits per heavy atom. The fourth-order valence-corrected chi connectivity index (χ4v) is 13.6. The molecule has 3 heterocycles. The van der Waals surface area contributed by atoms with Crippen molar-refractivity contribution >= 4 is 26.0 Å². The van der Waals surface area contributed by atoms with Crippen molar-refractivity contribution in [1.82, 2.24) is 4.90 Å². The molecule has 52 heavy (non-hydrogen) atoms. The molecule has 0 bridgehead atoms. The fourth-order valence-electron chi connectivity index (χ4n) is 8.04. The number of rotatable bonds is 15. The summed E-state index contributed by atoms with van der Waals surface area (Å²) in [5, 5.41) is 22.1. The van der Waals surface area contributed by atoms with Gasteiger partial charge in [-0.2, -0.15) is 4.73 Å². The van der Waals surface area contributed by atoms with Gasteiger partial charge >= 0.3 is 6.09 Å². The number of benzene rings is 2. The van der Waals surface area contributed by atoms with Crippen molar-refractivity contribution in [2.24, 2.45) is 0 Å². The number of methoxy groups -OCH3 is 1. The van der Waals surface area contributed by atoms with E-state index in [0.717, 1.165) is 11.1 Å². The van der Waals surface area contributed by atoms with Crippen molar-refractivity contribution in [3.05, 3.63) is 83.3 Å². The molecule has 1 N–H and O–H groups in total. The molecule has 3 unspecified atom stereocenters. The van der Waals surface area contributed by atoms with E-state index >= 15 is 0 Å². The Labute approximate surface area is 307 Å². The normalized spacial score (nSPS) is 19.3. The van der Waals surface area contributed by atoms with Gasteiger partial charge in [0, 0.05) is 38.8 Å². The lowest BCUT2D eigenvalue weighted by molar-refractivity contribution is -0.605. The monoisotopic (exact) mass is 735 g/mol. The van der Waals surface area contributed by atoms with Crippen LogP contribution in [0.1, 0.15) is 65.0 Å². The van der Waals surface area contributed by atoms with Crippen LogP contribution in [0.15, 0.2) is 67.0 Å². The molecule has 0 aliphatic carbocycles. The van der Waals surface area contributed by atoms with Crippen molar-refractivity contribution in [3.8, 4) is 17.2 Å². The molecule has 1 fully saturated rings. The Balaban J connectivity index is 1.49. The van der Waals surface area contributed by atoms with E-state index in [2.05, 4.69) is 41.5 Å². The van der Waals surface area contributed by atoms with Crippen LogP contribution in [-0.2, 0) is 25.3 Å². The van der Waals surface area contributed by atoms with Gasteiger partial charge in [0.1, 0.15) is 11.5 Å². The van der Waals surface area contributed by atoms with Crippen LogP contribution in [0.3, 0.4) is 0 Å². The van der Waals surface area contributed by atoms with Gasteiger partial charge in [0.15, 0.2) is 18.6 Å². The Hall–Kier alpha value is -4.17. The Bertz CT molecular complexity index is 1650. The number of aromatic nitrogens is 1. The summed E-state index contributed by atoms with van der Waals surface area (Å²) in [6.45, 7) is 14.9. The Morgan fingerprint density at radius 2 is 1.69 bits per heavy atom. The van der Waals surface area contributed by atoms with Crippen LogP contribution in [-0.4, -0.2) is 82.5 Å². The molecular weight excluding hydrogens is 683 g/mol. The minimum absolute atomic E-state index is 0.0201. The highest BCUT2D eigenvalue weighted by Gasteiger charge is 2.51. The number of carbonyl (C=O) groups is 2. The highest BCUT2D eigenvalue weighted by Crippen LogP contribution is 2.46. The lowest BCUT2D eigenvalue weighted by Gasteiger charge is -2.50. The number of carbonyl (C=O) groups excluding carboxylic acids is 1. The lowest BCUT2D eigenvalue weighted by atomic mass is 9.84. The minimum Gasteiger partial charge on any atom is -0.619 e. The summed E-state index contributed by atoms with van der Waals surface area (Å²) in [7, 11) is -0.838. The number of fused-ring (bicyclic) bond motifs is 1. The average Bonchev–Trinajstić information content (AvgIpc) is 3.10. The first kappa shape index (κ1) is 39.0. The van der Waals surface area contributed by atoms with Gasteiger partial charge in [0.05, 0.1) is 31.0 Å².